The average Bonchev–Trinajstić information content (AvgIpc) is 3.30. The van der Waals surface area contributed by atoms with Gasteiger partial charge in [0.25, 0.3) is 0 Å². The number of piperidine rings is 1. The molecule has 1 amide bonds. The van der Waals surface area contributed by atoms with Crippen LogP contribution in [0.15, 0.2) is 54.6 Å². The van der Waals surface area contributed by atoms with E-state index >= 15 is 0 Å². The lowest BCUT2D eigenvalue weighted by Crippen LogP contribution is -2.59. The summed E-state index contributed by atoms with van der Waals surface area (Å²) in [6, 6.07) is 17.9. The van der Waals surface area contributed by atoms with Gasteiger partial charge < -0.3 is 4.90 Å². The monoisotopic (exact) mass is 376 g/mol. The number of rotatable bonds is 2. The van der Waals surface area contributed by atoms with Crippen LogP contribution in [0.1, 0.15) is 12.5 Å². The van der Waals surface area contributed by atoms with Gasteiger partial charge in [-0.3, -0.25) is 19.9 Å². The molecule has 0 aromatic heterocycles. The van der Waals surface area contributed by atoms with Crippen LogP contribution in [0.3, 0.4) is 0 Å². The van der Waals surface area contributed by atoms with Gasteiger partial charge in [0.05, 0.1) is 11.6 Å². The SMILES string of the molecule is CC1NN(c2ccccc2)C2NCC(C(=O)N3CCc4ccccc43)C(=O)C12. The molecule has 4 unspecified atom stereocenters. The van der Waals surface area contributed by atoms with Crippen LogP contribution in [0.5, 0.6) is 0 Å². The summed E-state index contributed by atoms with van der Waals surface area (Å²) in [5.41, 5.74) is 6.55. The zero-order valence-electron chi connectivity index (χ0n) is 15.8. The van der Waals surface area contributed by atoms with E-state index in [9.17, 15) is 9.59 Å². The topological polar surface area (TPSA) is 64.7 Å². The van der Waals surface area contributed by atoms with E-state index in [1.165, 1.54) is 5.56 Å². The quantitative estimate of drug-likeness (QED) is 0.782. The molecular formula is C22H24N4O2. The number of para-hydroxylation sites is 2. The van der Waals surface area contributed by atoms with Crippen molar-refractivity contribution in [1.82, 2.24) is 10.7 Å². The van der Waals surface area contributed by atoms with Crippen molar-refractivity contribution < 1.29 is 9.59 Å². The van der Waals surface area contributed by atoms with Gasteiger partial charge in [-0.25, -0.2) is 5.43 Å². The van der Waals surface area contributed by atoms with Crippen LogP contribution in [-0.2, 0) is 16.0 Å². The van der Waals surface area contributed by atoms with Gasteiger partial charge in [-0.2, -0.15) is 0 Å². The van der Waals surface area contributed by atoms with E-state index in [1.807, 2.05) is 60.5 Å². The molecule has 6 heteroatoms. The van der Waals surface area contributed by atoms with Crippen molar-refractivity contribution in [3.63, 3.8) is 0 Å². The molecule has 0 saturated carbocycles. The number of anilines is 2. The lowest BCUT2D eigenvalue weighted by molar-refractivity contribution is -0.137. The number of amides is 1. The number of carbonyl (C=O) groups is 2. The molecule has 3 heterocycles. The number of fused-ring (bicyclic) bond motifs is 2. The maximum Gasteiger partial charge on any atom is 0.238 e. The lowest BCUT2D eigenvalue weighted by atomic mass is 9.82. The number of Topliss-reactive ketones (excluding diaryl/α,β-unsaturated/α-hetero) is 1. The van der Waals surface area contributed by atoms with Gasteiger partial charge in [0, 0.05) is 24.8 Å². The summed E-state index contributed by atoms with van der Waals surface area (Å²) >= 11 is 0. The van der Waals surface area contributed by atoms with Gasteiger partial charge in [0.1, 0.15) is 12.1 Å². The molecule has 4 atom stereocenters. The van der Waals surface area contributed by atoms with E-state index < -0.39 is 5.92 Å². The Hall–Kier alpha value is -2.70. The molecule has 0 radical (unpaired) electrons. The third-order valence-corrected chi connectivity index (χ3v) is 6.19. The number of carbonyl (C=O) groups excluding carboxylic acids is 2. The van der Waals surface area contributed by atoms with Crippen molar-refractivity contribution in [2.24, 2.45) is 11.8 Å². The predicted molar refractivity (Wildman–Crippen MR) is 108 cm³/mol. The molecule has 2 aromatic carbocycles. The van der Waals surface area contributed by atoms with Crippen molar-refractivity contribution in [2.45, 2.75) is 25.6 Å². The number of hydrogen-bond acceptors (Lipinski definition) is 5. The summed E-state index contributed by atoms with van der Waals surface area (Å²) in [5.74, 6) is -0.934. The Morgan fingerprint density at radius 3 is 2.64 bits per heavy atom. The van der Waals surface area contributed by atoms with Crippen LogP contribution in [0.2, 0.25) is 0 Å². The van der Waals surface area contributed by atoms with Crippen molar-refractivity contribution in [1.29, 1.82) is 0 Å². The summed E-state index contributed by atoms with van der Waals surface area (Å²) in [6.45, 7) is 3.04. The minimum absolute atomic E-state index is 0.0355. The molecule has 2 N–H and O–H groups in total. The fourth-order valence-corrected chi connectivity index (χ4v) is 4.79. The summed E-state index contributed by atoms with van der Waals surface area (Å²) in [7, 11) is 0. The Labute approximate surface area is 164 Å². The molecule has 0 spiro atoms. The summed E-state index contributed by atoms with van der Waals surface area (Å²) in [4.78, 5) is 28.4. The first-order chi connectivity index (χ1) is 13.6. The standard InChI is InChI=1S/C22H24N4O2/c1-14-19-20(27)17(22(28)25-12-11-15-7-5-6-10-18(15)25)13-23-21(19)26(24-14)16-8-3-2-4-9-16/h2-10,14,17,19,21,23-24H,11-13H2,1H3. The second-order valence-corrected chi connectivity index (χ2v) is 7.83. The minimum atomic E-state index is -0.632. The van der Waals surface area contributed by atoms with Gasteiger partial charge in [0.15, 0.2) is 5.78 Å². The highest BCUT2D eigenvalue weighted by molar-refractivity contribution is 6.11. The van der Waals surface area contributed by atoms with Crippen molar-refractivity contribution in [2.75, 3.05) is 23.0 Å². The molecule has 2 saturated heterocycles. The largest absolute Gasteiger partial charge is 0.311 e. The molecular weight excluding hydrogens is 352 g/mol. The zero-order valence-corrected chi connectivity index (χ0v) is 15.8. The van der Waals surface area contributed by atoms with E-state index in [1.54, 1.807) is 4.90 Å². The lowest BCUT2D eigenvalue weighted by Gasteiger charge is -2.36. The number of nitrogens with zero attached hydrogens (tertiary/aromatic N) is 2. The Morgan fingerprint density at radius 1 is 1.07 bits per heavy atom. The van der Waals surface area contributed by atoms with Gasteiger partial charge in [0.2, 0.25) is 5.91 Å². The third-order valence-electron chi connectivity index (χ3n) is 6.19. The van der Waals surface area contributed by atoms with Crippen molar-refractivity contribution >= 4 is 23.1 Å². The molecule has 144 valence electrons. The van der Waals surface area contributed by atoms with Crippen molar-refractivity contribution in [3.05, 3.63) is 60.2 Å². The van der Waals surface area contributed by atoms with Crippen LogP contribution in [0.25, 0.3) is 0 Å². The number of hydrazine groups is 1. The Bertz CT molecular complexity index is 916. The number of hydrogen-bond donors (Lipinski definition) is 2. The van der Waals surface area contributed by atoms with E-state index in [0.717, 1.165) is 17.8 Å². The zero-order chi connectivity index (χ0) is 19.3. The highest BCUT2D eigenvalue weighted by atomic mass is 16.2. The molecule has 0 aliphatic carbocycles. The third kappa shape index (κ3) is 2.64. The molecule has 28 heavy (non-hydrogen) atoms. The first-order valence-corrected chi connectivity index (χ1v) is 9.92. The smallest absolute Gasteiger partial charge is 0.238 e. The molecule has 3 aliphatic heterocycles. The van der Waals surface area contributed by atoms with Crippen LogP contribution in [0.4, 0.5) is 11.4 Å². The van der Waals surface area contributed by atoms with Crippen molar-refractivity contribution in [3.8, 4) is 0 Å². The first-order valence-electron chi connectivity index (χ1n) is 9.92. The second-order valence-electron chi connectivity index (χ2n) is 7.83. The fourth-order valence-electron chi connectivity index (χ4n) is 4.79. The summed E-state index contributed by atoms with van der Waals surface area (Å²) in [6.07, 6.45) is 0.710. The van der Waals surface area contributed by atoms with Gasteiger partial charge >= 0.3 is 0 Å². The first kappa shape index (κ1) is 17.4. The highest BCUT2D eigenvalue weighted by Crippen LogP contribution is 2.34. The minimum Gasteiger partial charge on any atom is -0.311 e. The molecule has 0 bridgehead atoms. The Kier molecular flexibility index (Phi) is 4.18. The molecule has 2 fully saturated rings. The number of nitrogens with one attached hydrogen (secondary N) is 2. The van der Waals surface area contributed by atoms with Crippen LogP contribution in [-0.4, -0.2) is 37.0 Å². The number of benzene rings is 2. The maximum absolute atomic E-state index is 13.4. The Morgan fingerprint density at radius 2 is 1.82 bits per heavy atom. The number of ketones is 1. The molecule has 2 aromatic rings. The van der Waals surface area contributed by atoms with Crippen LogP contribution < -0.4 is 20.7 Å². The highest BCUT2D eigenvalue weighted by Gasteiger charge is 2.51. The normalized spacial score (nSPS) is 29.0. The summed E-state index contributed by atoms with van der Waals surface area (Å²) in [5, 5.41) is 5.49. The van der Waals surface area contributed by atoms with Crippen LogP contribution in [0, 0.1) is 11.8 Å². The van der Waals surface area contributed by atoms with E-state index in [-0.39, 0.29) is 29.8 Å². The van der Waals surface area contributed by atoms with Gasteiger partial charge in [-0.05, 0) is 37.1 Å². The van der Waals surface area contributed by atoms with E-state index in [0.29, 0.717) is 13.1 Å². The molecule has 5 rings (SSSR count). The van der Waals surface area contributed by atoms with Crippen LogP contribution >= 0.6 is 0 Å². The maximum atomic E-state index is 13.4. The summed E-state index contributed by atoms with van der Waals surface area (Å²) < 4.78 is 0. The Balaban J connectivity index is 1.38. The van der Waals surface area contributed by atoms with Gasteiger partial charge in [-0.1, -0.05) is 36.4 Å². The molecule has 6 nitrogen and oxygen atoms in total. The van der Waals surface area contributed by atoms with E-state index in [2.05, 4.69) is 16.8 Å². The second kappa shape index (κ2) is 6.72. The fraction of sp³-hybridized carbons (Fsp3) is 0.364. The molecule has 3 aliphatic rings. The average molecular weight is 376 g/mol. The van der Waals surface area contributed by atoms with E-state index in [4.69, 9.17) is 0 Å². The van der Waals surface area contributed by atoms with Gasteiger partial charge in [-0.15, -0.1) is 0 Å². The predicted octanol–water partition coefficient (Wildman–Crippen LogP) is 1.72.